The molecule has 2 aromatic rings. The van der Waals surface area contributed by atoms with Gasteiger partial charge in [-0.1, -0.05) is 18.2 Å². The van der Waals surface area contributed by atoms with Gasteiger partial charge in [-0.2, -0.15) is 0 Å². The summed E-state index contributed by atoms with van der Waals surface area (Å²) < 4.78 is 0. The van der Waals surface area contributed by atoms with E-state index < -0.39 is 0 Å². The Morgan fingerprint density at radius 1 is 1.26 bits per heavy atom. The van der Waals surface area contributed by atoms with Crippen LogP contribution in [0.3, 0.4) is 0 Å². The summed E-state index contributed by atoms with van der Waals surface area (Å²) in [5.74, 6) is 0.163. The van der Waals surface area contributed by atoms with Crippen LogP contribution >= 0.6 is 11.3 Å². The highest BCUT2D eigenvalue weighted by Gasteiger charge is 2.34. The van der Waals surface area contributed by atoms with E-state index in [0.717, 1.165) is 25.1 Å². The van der Waals surface area contributed by atoms with E-state index in [-0.39, 0.29) is 11.9 Å². The molecule has 23 heavy (non-hydrogen) atoms. The largest absolute Gasteiger partial charge is 0.314 e. The van der Waals surface area contributed by atoms with Gasteiger partial charge in [0.15, 0.2) is 0 Å². The highest BCUT2D eigenvalue weighted by molar-refractivity contribution is 7.12. The van der Waals surface area contributed by atoms with Crippen LogP contribution in [-0.2, 0) is 4.79 Å². The second-order valence-corrected chi connectivity index (χ2v) is 7.57. The lowest BCUT2D eigenvalue weighted by molar-refractivity contribution is -0.123. The van der Waals surface area contributed by atoms with Gasteiger partial charge in [0.2, 0.25) is 5.91 Å². The smallest absolute Gasteiger partial charge is 0.243 e. The Labute approximate surface area is 142 Å². The Kier molecular flexibility index (Phi) is 4.83. The third-order valence-electron chi connectivity index (χ3n) is 4.71. The zero-order chi connectivity index (χ0) is 16.4. The Bertz CT molecular complexity index is 667. The van der Waals surface area contributed by atoms with Gasteiger partial charge in [-0.25, -0.2) is 0 Å². The number of para-hydroxylation sites is 1. The Morgan fingerprint density at radius 2 is 2.00 bits per heavy atom. The first-order valence-corrected chi connectivity index (χ1v) is 9.04. The molecule has 1 aliphatic heterocycles. The molecule has 3 nitrogen and oxygen atoms in total. The Hall–Kier alpha value is -1.65. The van der Waals surface area contributed by atoms with Gasteiger partial charge in [-0.3, -0.25) is 9.69 Å². The number of benzene rings is 1. The SMILES string of the molecule is Cc1ccc(C2CCCN2C(C)C(=O)N(C)c2ccccc2)s1. The maximum Gasteiger partial charge on any atom is 0.243 e. The molecular formula is C19H24N2OS. The minimum Gasteiger partial charge on any atom is -0.314 e. The van der Waals surface area contributed by atoms with Crippen molar-refractivity contribution in [2.45, 2.75) is 38.8 Å². The fraction of sp³-hybridized carbons (Fsp3) is 0.421. The topological polar surface area (TPSA) is 23.6 Å². The van der Waals surface area contributed by atoms with Crippen LogP contribution in [0.4, 0.5) is 5.69 Å². The van der Waals surface area contributed by atoms with Gasteiger partial charge >= 0.3 is 0 Å². The molecule has 1 aromatic carbocycles. The lowest BCUT2D eigenvalue weighted by Crippen LogP contribution is -2.45. The van der Waals surface area contributed by atoms with Gasteiger partial charge in [-0.05, 0) is 57.5 Å². The van der Waals surface area contributed by atoms with Gasteiger partial charge in [-0.15, -0.1) is 11.3 Å². The van der Waals surface area contributed by atoms with Crippen molar-refractivity contribution in [3.8, 4) is 0 Å². The summed E-state index contributed by atoms with van der Waals surface area (Å²) in [6, 6.07) is 14.6. The lowest BCUT2D eigenvalue weighted by atomic mass is 10.1. The van der Waals surface area contributed by atoms with Gasteiger partial charge in [0, 0.05) is 28.5 Å². The van der Waals surface area contributed by atoms with E-state index in [1.54, 1.807) is 4.90 Å². The summed E-state index contributed by atoms with van der Waals surface area (Å²) in [4.78, 5) is 19.8. The van der Waals surface area contributed by atoms with Crippen molar-refractivity contribution in [1.29, 1.82) is 0 Å². The van der Waals surface area contributed by atoms with Crippen LogP contribution in [0, 0.1) is 6.92 Å². The molecule has 1 fully saturated rings. The number of hydrogen-bond acceptors (Lipinski definition) is 3. The number of hydrogen-bond donors (Lipinski definition) is 0. The third kappa shape index (κ3) is 3.33. The number of nitrogens with zero attached hydrogens (tertiary/aromatic N) is 2. The number of likely N-dealkylation sites (N-methyl/N-ethyl adjacent to an activating group) is 1. The highest BCUT2D eigenvalue weighted by atomic mass is 32.1. The predicted molar refractivity (Wildman–Crippen MR) is 97.1 cm³/mol. The third-order valence-corrected chi connectivity index (χ3v) is 5.81. The van der Waals surface area contributed by atoms with E-state index in [2.05, 4.69) is 24.0 Å². The maximum absolute atomic E-state index is 12.9. The van der Waals surface area contributed by atoms with E-state index in [0.29, 0.717) is 6.04 Å². The second kappa shape index (κ2) is 6.85. The molecule has 0 aliphatic carbocycles. The fourth-order valence-electron chi connectivity index (χ4n) is 3.39. The summed E-state index contributed by atoms with van der Waals surface area (Å²) in [5, 5.41) is 0. The summed E-state index contributed by atoms with van der Waals surface area (Å²) >= 11 is 1.86. The van der Waals surface area contributed by atoms with Crippen molar-refractivity contribution in [3.63, 3.8) is 0 Å². The zero-order valence-corrected chi connectivity index (χ0v) is 14.8. The van der Waals surface area contributed by atoms with Crippen molar-refractivity contribution in [1.82, 2.24) is 4.90 Å². The van der Waals surface area contributed by atoms with Crippen molar-refractivity contribution >= 4 is 22.9 Å². The van der Waals surface area contributed by atoms with Crippen LogP contribution in [0.1, 0.15) is 35.6 Å². The average Bonchev–Trinajstić information content (AvgIpc) is 3.22. The van der Waals surface area contributed by atoms with Crippen LogP contribution in [-0.4, -0.2) is 30.4 Å². The van der Waals surface area contributed by atoms with E-state index in [4.69, 9.17) is 0 Å². The summed E-state index contributed by atoms with van der Waals surface area (Å²) in [6.07, 6.45) is 2.31. The molecule has 0 radical (unpaired) electrons. The predicted octanol–water partition coefficient (Wildman–Crippen LogP) is 4.24. The molecule has 0 spiro atoms. The summed E-state index contributed by atoms with van der Waals surface area (Å²) in [6.45, 7) is 5.18. The van der Waals surface area contributed by atoms with E-state index in [1.165, 1.54) is 9.75 Å². The van der Waals surface area contributed by atoms with Crippen LogP contribution < -0.4 is 4.90 Å². The molecule has 4 heteroatoms. The van der Waals surface area contributed by atoms with Crippen molar-refractivity contribution in [3.05, 3.63) is 52.2 Å². The molecule has 0 N–H and O–H groups in total. The molecule has 122 valence electrons. The standard InChI is InChI=1S/C19H24N2OS/c1-14-11-12-18(23-14)17-10-7-13-21(17)15(2)19(22)20(3)16-8-5-4-6-9-16/h4-6,8-9,11-12,15,17H,7,10,13H2,1-3H3. The van der Waals surface area contributed by atoms with Gasteiger partial charge in [0.1, 0.15) is 0 Å². The van der Waals surface area contributed by atoms with Crippen LogP contribution in [0.5, 0.6) is 0 Å². The number of aryl methyl sites for hydroxylation is 1. The van der Waals surface area contributed by atoms with Gasteiger partial charge in [0.05, 0.1) is 6.04 Å². The van der Waals surface area contributed by atoms with E-state index >= 15 is 0 Å². The first kappa shape index (κ1) is 16.2. The molecule has 0 bridgehead atoms. The van der Waals surface area contributed by atoms with Crippen molar-refractivity contribution in [2.24, 2.45) is 0 Å². The summed E-state index contributed by atoms with van der Waals surface area (Å²) in [7, 11) is 1.87. The zero-order valence-electron chi connectivity index (χ0n) is 14.0. The molecule has 2 atom stereocenters. The Morgan fingerprint density at radius 3 is 2.65 bits per heavy atom. The fourth-order valence-corrected chi connectivity index (χ4v) is 4.42. The molecule has 1 amide bonds. The van der Waals surface area contributed by atoms with Crippen LogP contribution in [0.25, 0.3) is 0 Å². The number of carbonyl (C=O) groups excluding carboxylic acids is 1. The summed E-state index contributed by atoms with van der Waals surface area (Å²) in [5.41, 5.74) is 0.951. The minimum absolute atomic E-state index is 0.102. The number of anilines is 1. The maximum atomic E-state index is 12.9. The quantitative estimate of drug-likeness (QED) is 0.838. The number of rotatable bonds is 4. The molecule has 2 heterocycles. The number of carbonyl (C=O) groups is 1. The number of likely N-dealkylation sites (tertiary alicyclic amines) is 1. The molecule has 1 saturated heterocycles. The van der Waals surface area contributed by atoms with E-state index in [9.17, 15) is 4.79 Å². The van der Waals surface area contributed by atoms with E-state index in [1.807, 2.05) is 55.6 Å². The average molecular weight is 328 g/mol. The molecule has 3 rings (SSSR count). The second-order valence-electron chi connectivity index (χ2n) is 6.25. The monoisotopic (exact) mass is 328 g/mol. The number of amides is 1. The molecule has 1 aromatic heterocycles. The first-order chi connectivity index (χ1) is 11.1. The lowest BCUT2D eigenvalue weighted by Gasteiger charge is -2.32. The van der Waals surface area contributed by atoms with Crippen LogP contribution in [0.2, 0.25) is 0 Å². The van der Waals surface area contributed by atoms with Crippen molar-refractivity contribution < 1.29 is 4.79 Å². The van der Waals surface area contributed by atoms with Gasteiger partial charge < -0.3 is 4.90 Å². The molecule has 0 saturated carbocycles. The molecule has 2 unspecified atom stereocenters. The van der Waals surface area contributed by atoms with Gasteiger partial charge in [0.25, 0.3) is 0 Å². The van der Waals surface area contributed by atoms with Crippen LogP contribution in [0.15, 0.2) is 42.5 Å². The molecule has 1 aliphatic rings. The minimum atomic E-state index is -0.102. The molecular weight excluding hydrogens is 304 g/mol. The Balaban J connectivity index is 1.76. The number of thiophene rings is 1. The highest BCUT2D eigenvalue weighted by Crippen LogP contribution is 2.37. The first-order valence-electron chi connectivity index (χ1n) is 8.22. The van der Waals surface area contributed by atoms with Crippen molar-refractivity contribution in [2.75, 3.05) is 18.5 Å². The normalized spacial score (nSPS) is 19.7.